The third-order valence-electron chi connectivity index (χ3n) is 4.91. The van der Waals surface area contributed by atoms with Crippen LogP contribution in [0.25, 0.3) is 11.3 Å². The maximum absolute atomic E-state index is 12.8. The lowest BCUT2D eigenvalue weighted by Crippen LogP contribution is -2.47. The van der Waals surface area contributed by atoms with Crippen LogP contribution in [0.3, 0.4) is 0 Å². The number of nitrogens with one attached hydrogen (secondary N) is 1. The minimum Gasteiger partial charge on any atom is -0.479 e. The summed E-state index contributed by atoms with van der Waals surface area (Å²) in [5, 5.41) is 6.48. The number of aryl methyl sites for hydroxylation is 1. The summed E-state index contributed by atoms with van der Waals surface area (Å²) >= 11 is 7.52. The number of carbonyl (C=O) groups excluding carboxylic acids is 2. The highest BCUT2D eigenvalue weighted by Gasteiger charge is 2.33. The zero-order chi connectivity index (χ0) is 22.0. The fourth-order valence-corrected chi connectivity index (χ4v) is 4.41. The van der Waals surface area contributed by atoms with Crippen LogP contribution < -0.4 is 15.0 Å². The molecule has 1 aromatic heterocycles. The van der Waals surface area contributed by atoms with Gasteiger partial charge in [-0.15, -0.1) is 11.3 Å². The number of amides is 2. The Morgan fingerprint density at radius 3 is 2.77 bits per heavy atom. The van der Waals surface area contributed by atoms with E-state index in [2.05, 4.69) is 17.2 Å². The van der Waals surface area contributed by atoms with E-state index in [0.29, 0.717) is 22.1 Å². The van der Waals surface area contributed by atoms with E-state index in [1.807, 2.05) is 23.6 Å². The van der Waals surface area contributed by atoms with Crippen LogP contribution in [0.1, 0.15) is 25.3 Å². The van der Waals surface area contributed by atoms with Gasteiger partial charge in [0.2, 0.25) is 5.91 Å². The SMILES string of the molecule is CCCc1nc(-c2ccc3c(c2)N(CC(=O)Nc2ccc(Cl)cc2)C(=O)C(C)O3)cs1. The first-order chi connectivity index (χ1) is 14.9. The predicted molar refractivity (Wildman–Crippen MR) is 124 cm³/mol. The molecule has 1 N–H and O–H groups in total. The Labute approximate surface area is 189 Å². The Kier molecular flexibility index (Phi) is 6.25. The molecule has 2 amide bonds. The van der Waals surface area contributed by atoms with Crippen molar-refractivity contribution in [3.63, 3.8) is 0 Å². The number of fused-ring (bicyclic) bond motifs is 1. The standard InChI is InChI=1S/C23H22ClN3O3S/c1-3-4-22-26-18(13-31-22)15-5-10-20-19(11-15)27(23(29)14(2)30-20)12-21(28)25-17-8-6-16(24)7-9-17/h5-11,13-14H,3-4,12H2,1-2H3,(H,25,28). The van der Waals surface area contributed by atoms with E-state index >= 15 is 0 Å². The van der Waals surface area contributed by atoms with Gasteiger partial charge in [0, 0.05) is 21.7 Å². The summed E-state index contributed by atoms with van der Waals surface area (Å²) in [6.45, 7) is 3.68. The normalized spacial score (nSPS) is 15.4. The topological polar surface area (TPSA) is 71.5 Å². The molecule has 1 unspecified atom stereocenters. The van der Waals surface area contributed by atoms with Crippen LogP contribution in [0.2, 0.25) is 5.02 Å². The van der Waals surface area contributed by atoms with E-state index < -0.39 is 6.10 Å². The number of anilines is 2. The molecule has 1 aliphatic rings. The van der Waals surface area contributed by atoms with E-state index in [1.165, 1.54) is 4.90 Å². The Bertz CT molecular complexity index is 1110. The molecule has 1 aliphatic heterocycles. The Morgan fingerprint density at radius 2 is 2.03 bits per heavy atom. The summed E-state index contributed by atoms with van der Waals surface area (Å²) in [5.41, 5.74) is 2.92. The van der Waals surface area contributed by atoms with Gasteiger partial charge in [-0.05, 0) is 62.2 Å². The Morgan fingerprint density at radius 1 is 1.26 bits per heavy atom. The van der Waals surface area contributed by atoms with E-state index in [9.17, 15) is 9.59 Å². The molecular weight excluding hydrogens is 434 g/mol. The smallest absolute Gasteiger partial charge is 0.268 e. The second-order valence-corrected chi connectivity index (χ2v) is 8.68. The molecule has 6 nitrogen and oxygen atoms in total. The number of halogens is 1. The Balaban J connectivity index is 1.59. The minimum absolute atomic E-state index is 0.121. The van der Waals surface area contributed by atoms with Gasteiger partial charge >= 0.3 is 0 Å². The molecule has 0 bridgehead atoms. The summed E-state index contributed by atoms with van der Waals surface area (Å²) in [7, 11) is 0. The number of hydrogen-bond acceptors (Lipinski definition) is 5. The van der Waals surface area contributed by atoms with Gasteiger partial charge in [0.15, 0.2) is 6.10 Å². The average molecular weight is 456 g/mol. The van der Waals surface area contributed by atoms with Crippen molar-refractivity contribution in [3.05, 3.63) is 57.9 Å². The van der Waals surface area contributed by atoms with Crippen LogP contribution in [-0.4, -0.2) is 29.4 Å². The van der Waals surface area contributed by atoms with Crippen molar-refractivity contribution in [1.82, 2.24) is 4.98 Å². The summed E-state index contributed by atoms with van der Waals surface area (Å²) in [6, 6.07) is 12.4. The van der Waals surface area contributed by atoms with Gasteiger partial charge in [-0.2, -0.15) is 0 Å². The number of rotatable bonds is 6. The van der Waals surface area contributed by atoms with Crippen LogP contribution >= 0.6 is 22.9 Å². The summed E-state index contributed by atoms with van der Waals surface area (Å²) in [4.78, 5) is 31.7. The van der Waals surface area contributed by atoms with Gasteiger partial charge in [-0.3, -0.25) is 14.5 Å². The highest BCUT2D eigenvalue weighted by molar-refractivity contribution is 7.09. The number of benzene rings is 2. The first kappa shape index (κ1) is 21.3. The number of hydrogen-bond donors (Lipinski definition) is 1. The zero-order valence-electron chi connectivity index (χ0n) is 17.2. The largest absolute Gasteiger partial charge is 0.479 e. The number of aromatic nitrogens is 1. The fraction of sp³-hybridized carbons (Fsp3) is 0.261. The minimum atomic E-state index is -0.669. The molecule has 0 saturated heterocycles. The molecule has 0 fully saturated rings. The average Bonchev–Trinajstić information content (AvgIpc) is 3.22. The third kappa shape index (κ3) is 4.73. The molecule has 2 heterocycles. The maximum atomic E-state index is 12.8. The van der Waals surface area contributed by atoms with Crippen LogP contribution in [0.5, 0.6) is 5.75 Å². The second kappa shape index (κ2) is 9.08. The lowest BCUT2D eigenvalue weighted by atomic mass is 10.1. The van der Waals surface area contributed by atoms with E-state index in [4.69, 9.17) is 16.3 Å². The highest BCUT2D eigenvalue weighted by atomic mass is 35.5. The molecule has 0 saturated carbocycles. The number of thiazole rings is 1. The van der Waals surface area contributed by atoms with Gasteiger partial charge < -0.3 is 10.1 Å². The Hall–Kier alpha value is -2.90. The molecular formula is C23H22ClN3O3S. The number of carbonyl (C=O) groups is 2. The quantitative estimate of drug-likeness (QED) is 0.556. The van der Waals surface area contributed by atoms with Gasteiger partial charge in [0.05, 0.1) is 16.4 Å². The van der Waals surface area contributed by atoms with Gasteiger partial charge in [-0.1, -0.05) is 18.5 Å². The van der Waals surface area contributed by atoms with Crippen molar-refractivity contribution in [2.75, 3.05) is 16.8 Å². The molecule has 2 aromatic carbocycles. The molecule has 4 rings (SSSR count). The lowest BCUT2D eigenvalue weighted by Gasteiger charge is -2.32. The molecule has 8 heteroatoms. The van der Waals surface area contributed by atoms with Crippen molar-refractivity contribution < 1.29 is 14.3 Å². The van der Waals surface area contributed by atoms with E-state index in [-0.39, 0.29) is 18.4 Å². The van der Waals surface area contributed by atoms with Gasteiger partial charge in [0.25, 0.3) is 5.91 Å². The van der Waals surface area contributed by atoms with Crippen molar-refractivity contribution >= 4 is 46.1 Å². The van der Waals surface area contributed by atoms with Crippen LogP contribution in [-0.2, 0) is 16.0 Å². The highest BCUT2D eigenvalue weighted by Crippen LogP contribution is 2.37. The van der Waals surface area contributed by atoms with E-state index in [0.717, 1.165) is 29.1 Å². The van der Waals surface area contributed by atoms with E-state index in [1.54, 1.807) is 42.5 Å². The number of ether oxygens (including phenoxy) is 1. The maximum Gasteiger partial charge on any atom is 0.268 e. The summed E-state index contributed by atoms with van der Waals surface area (Å²) in [6.07, 6.45) is 1.30. The van der Waals surface area contributed by atoms with Crippen LogP contribution in [0, 0.1) is 0 Å². The van der Waals surface area contributed by atoms with Crippen molar-refractivity contribution in [3.8, 4) is 17.0 Å². The molecule has 160 valence electrons. The molecule has 3 aromatic rings. The van der Waals surface area contributed by atoms with Gasteiger partial charge in [-0.25, -0.2) is 4.98 Å². The molecule has 0 aliphatic carbocycles. The molecule has 31 heavy (non-hydrogen) atoms. The number of nitrogens with zero attached hydrogens (tertiary/aromatic N) is 2. The fourth-order valence-electron chi connectivity index (χ4n) is 3.38. The van der Waals surface area contributed by atoms with Crippen molar-refractivity contribution in [1.29, 1.82) is 0 Å². The van der Waals surface area contributed by atoms with Crippen molar-refractivity contribution in [2.45, 2.75) is 32.8 Å². The van der Waals surface area contributed by atoms with Gasteiger partial charge in [0.1, 0.15) is 12.3 Å². The van der Waals surface area contributed by atoms with Crippen molar-refractivity contribution in [2.24, 2.45) is 0 Å². The monoisotopic (exact) mass is 455 g/mol. The predicted octanol–water partition coefficient (Wildman–Crippen LogP) is 5.17. The molecule has 0 radical (unpaired) electrons. The summed E-state index contributed by atoms with van der Waals surface area (Å²) in [5.74, 6) is 0.0000241. The van der Waals surface area contributed by atoms with Crippen LogP contribution in [0.15, 0.2) is 47.8 Å². The first-order valence-corrected chi connectivity index (χ1v) is 11.3. The first-order valence-electron chi connectivity index (χ1n) is 10.1. The zero-order valence-corrected chi connectivity index (χ0v) is 18.8. The second-order valence-electron chi connectivity index (χ2n) is 7.30. The third-order valence-corrected chi connectivity index (χ3v) is 6.07. The molecule has 1 atom stereocenters. The lowest BCUT2D eigenvalue weighted by molar-refractivity contribution is -0.127. The summed E-state index contributed by atoms with van der Waals surface area (Å²) < 4.78 is 5.77. The van der Waals surface area contributed by atoms with Crippen LogP contribution in [0.4, 0.5) is 11.4 Å². The molecule has 0 spiro atoms.